The van der Waals surface area contributed by atoms with Gasteiger partial charge in [-0.1, -0.05) is 48.5 Å². The van der Waals surface area contributed by atoms with Crippen LogP contribution in [0.4, 0.5) is 5.69 Å². The van der Waals surface area contributed by atoms with Crippen molar-refractivity contribution in [3.05, 3.63) is 72.8 Å². The molecule has 0 atom stereocenters. The highest BCUT2D eigenvalue weighted by atomic mass is 16.5. The molecule has 2 nitrogen and oxygen atoms in total. The molecule has 0 radical (unpaired) electrons. The third-order valence-corrected chi connectivity index (χ3v) is 5.06. The number of hydrogen-bond acceptors (Lipinski definition) is 2. The number of ether oxygens (including phenoxy) is 1. The zero-order valence-corrected chi connectivity index (χ0v) is 13.9. The average Bonchev–Trinajstić information content (AvgIpc) is 2.67. The Morgan fingerprint density at radius 3 is 2.12 bits per heavy atom. The standard InChI is InChI=1S/C23H17NO/c1-25-18-10-7-14(8-11-18)19-13-17-4-2-3-15-5-6-16-9-12-20(24)23(19)22(16)21(15)17/h2-13H,24H2,1H3. The van der Waals surface area contributed by atoms with Crippen molar-refractivity contribution < 1.29 is 4.74 Å². The normalized spacial score (nSPS) is 11.6. The molecule has 0 heterocycles. The summed E-state index contributed by atoms with van der Waals surface area (Å²) in [5.41, 5.74) is 9.56. The van der Waals surface area contributed by atoms with E-state index in [0.29, 0.717) is 0 Å². The fourth-order valence-electron chi connectivity index (χ4n) is 3.88. The van der Waals surface area contributed by atoms with Crippen molar-refractivity contribution in [3.63, 3.8) is 0 Å². The van der Waals surface area contributed by atoms with Crippen molar-refractivity contribution in [2.24, 2.45) is 0 Å². The minimum Gasteiger partial charge on any atom is -0.497 e. The van der Waals surface area contributed by atoms with E-state index in [2.05, 4.69) is 54.6 Å². The van der Waals surface area contributed by atoms with Gasteiger partial charge in [0.25, 0.3) is 0 Å². The first-order valence-corrected chi connectivity index (χ1v) is 8.37. The van der Waals surface area contributed by atoms with Crippen LogP contribution in [0.15, 0.2) is 72.8 Å². The van der Waals surface area contributed by atoms with Gasteiger partial charge in [0.2, 0.25) is 0 Å². The monoisotopic (exact) mass is 323 g/mol. The summed E-state index contributed by atoms with van der Waals surface area (Å²) in [7, 11) is 1.69. The van der Waals surface area contributed by atoms with E-state index in [-0.39, 0.29) is 0 Å². The first-order valence-electron chi connectivity index (χ1n) is 8.37. The summed E-state index contributed by atoms with van der Waals surface area (Å²) >= 11 is 0. The number of hydrogen-bond donors (Lipinski definition) is 1. The predicted molar refractivity (Wildman–Crippen MR) is 107 cm³/mol. The molecule has 0 fully saturated rings. The van der Waals surface area contributed by atoms with Gasteiger partial charge in [-0.15, -0.1) is 0 Å². The fraction of sp³-hybridized carbons (Fsp3) is 0.0435. The molecular weight excluding hydrogens is 306 g/mol. The number of nitrogens with two attached hydrogens (primary N) is 1. The second kappa shape index (κ2) is 5.12. The molecule has 5 rings (SSSR count). The van der Waals surface area contributed by atoms with E-state index in [0.717, 1.165) is 28.0 Å². The van der Waals surface area contributed by atoms with Crippen LogP contribution in [0.2, 0.25) is 0 Å². The molecule has 2 heteroatoms. The lowest BCUT2D eigenvalue weighted by molar-refractivity contribution is 0.415. The van der Waals surface area contributed by atoms with Gasteiger partial charge in [0.05, 0.1) is 7.11 Å². The van der Waals surface area contributed by atoms with Gasteiger partial charge < -0.3 is 10.5 Å². The molecule has 5 aromatic carbocycles. The number of anilines is 1. The van der Waals surface area contributed by atoms with E-state index >= 15 is 0 Å². The van der Waals surface area contributed by atoms with E-state index in [1.165, 1.54) is 26.9 Å². The molecule has 0 aromatic heterocycles. The Labute approximate surface area is 145 Å². The third kappa shape index (κ3) is 1.97. The summed E-state index contributed by atoms with van der Waals surface area (Å²) in [5, 5.41) is 7.39. The van der Waals surface area contributed by atoms with Crippen molar-refractivity contribution in [3.8, 4) is 16.9 Å². The molecule has 0 aliphatic heterocycles. The molecule has 2 N–H and O–H groups in total. The highest BCUT2D eigenvalue weighted by Gasteiger charge is 2.15. The highest BCUT2D eigenvalue weighted by molar-refractivity contribution is 6.28. The van der Waals surface area contributed by atoms with Gasteiger partial charge in [0.1, 0.15) is 5.75 Å². The molecule has 0 bridgehead atoms. The van der Waals surface area contributed by atoms with E-state index in [1.807, 2.05) is 18.2 Å². The summed E-state index contributed by atoms with van der Waals surface area (Å²) in [5.74, 6) is 0.855. The van der Waals surface area contributed by atoms with E-state index in [1.54, 1.807) is 7.11 Å². The molecule has 0 amide bonds. The Morgan fingerprint density at radius 1 is 0.680 bits per heavy atom. The van der Waals surface area contributed by atoms with E-state index in [4.69, 9.17) is 10.5 Å². The van der Waals surface area contributed by atoms with Crippen LogP contribution in [-0.2, 0) is 0 Å². The number of rotatable bonds is 2. The van der Waals surface area contributed by atoms with Crippen LogP contribution in [0.1, 0.15) is 0 Å². The Hall–Kier alpha value is -3.26. The van der Waals surface area contributed by atoms with Crippen molar-refractivity contribution in [1.82, 2.24) is 0 Å². The maximum atomic E-state index is 6.44. The number of methoxy groups -OCH3 is 1. The summed E-state index contributed by atoms with van der Waals surface area (Å²) in [6.45, 7) is 0. The first-order chi connectivity index (χ1) is 12.3. The first kappa shape index (κ1) is 14.1. The Bertz CT molecular complexity index is 1220. The smallest absolute Gasteiger partial charge is 0.118 e. The van der Waals surface area contributed by atoms with Crippen molar-refractivity contribution in [2.45, 2.75) is 0 Å². The molecule has 0 spiro atoms. The number of nitrogen functional groups attached to an aromatic ring is 1. The molecule has 0 saturated carbocycles. The lowest BCUT2D eigenvalue weighted by Crippen LogP contribution is -1.93. The average molecular weight is 323 g/mol. The van der Waals surface area contributed by atoms with Gasteiger partial charge >= 0.3 is 0 Å². The molecule has 0 saturated heterocycles. The summed E-state index contributed by atoms with van der Waals surface area (Å²) in [6.07, 6.45) is 0. The van der Waals surface area contributed by atoms with Gasteiger partial charge in [-0.05, 0) is 56.9 Å². The second-order valence-electron chi connectivity index (χ2n) is 6.43. The van der Waals surface area contributed by atoms with Gasteiger partial charge in [-0.25, -0.2) is 0 Å². The summed E-state index contributed by atoms with van der Waals surface area (Å²) in [6, 6.07) is 25.4. The minimum absolute atomic E-state index is 0.816. The maximum absolute atomic E-state index is 6.44. The largest absolute Gasteiger partial charge is 0.497 e. The molecule has 0 aliphatic carbocycles. The molecule has 0 aliphatic rings. The molecule has 5 aromatic rings. The molecular formula is C23H17NO. The number of benzene rings is 5. The van der Waals surface area contributed by atoms with Gasteiger partial charge in [-0.3, -0.25) is 0 Å². The van der Waals surface area contributed by atoms with Crippen LogP contribution in [0.3, 0.4) is 0 Å². The van der Waals surface area contributed by atoms with Crippen molar-refractivity contribution >= 4 is 38.0 Å². The highest BCUT2D eigenvalue weighted by Crippen LogP contribution is 2.42. The van der Waals surface area contributed by atoms with Crippen LogP contribution >= 0.6 is 0 Å². The Balaban J connectivity index is 1.98. The quantitative estimate of drug-likeness (QED) is 0.327. The van der Waals surface area contributed by atoms with Crippen molar-refractivity contribution in [2.75, 3.05) is 12.8 Å². The zero-order valence-electron chi connectivity index (χ0n) is 13.9. The van der Waals surface area contributed by atoms with Crippen molar-refractivity contribution in [1.29, 1.82) is 0 Å². The lowest BCUT2D eigenvalue weighted by atomic mass is 9.88. The van der Waals surface area contributed by atoms with Crippen LogP contribution in [0, 0.1) is 0 Å². The molecule has 25 heavy (non-hydrogen) atoms. The van der Waals surface area contributed by atoms with E-state index in [9.17, 15) is 0 Å². The fourth-order valence-corrected chi connectivity index (χ4v) is 3.88. The Kier molecular flexibility index (Phi) is 2.89. The van der Waals surface area contributed by atoms with Gasteiger partial charge in [-0.2, -0.15) is 0 Å². The topological polar surface area (TPSA) is 35.2 Å². The van der Waals surface area contributed by atoms with Gasteiger partial charge in [0, 0.05) is 16.5 Å². The lowest BCUT2D eigenvalue weighted by Gasteiger charge is -2.16. The second-order valence-corrected chi connectivity index (χ2v) is 6.43. The summed E-state index contributed by atoms with van der Waals surface area (Å²) < 4.78 is 5.30. The zero-order chi connectivity index (χ0) is 17.0. The summed E-state index contributed by atoms with van der Waals surface area (Å²) in [4.78, 5) is 0. The minimum atomic E-state index is 0.816. The molecule has 0 unspecified atom stereocenters. The Morgan fingerprint density at radius 2 is 1.36 bits per heavy atom. The SMILES string of the molecule is COc1ccc(-c2cc3cccc4ccc5ccc(N)c2c5c43)cc1. The van der Waals surface area contributed by atoms with E-state index < -0.39 is 0 Å². The third-order valence-electron chi connectivity index (χ3n) is 5.06. The van der Waals surface area contributed by atoms with Crippen LogP contribution in [-0.4, -0.2) is 7.11 Å². The molecule has 120 valence electrons. The maximum Gasteiger partial charge on any atom is 0.118 e. The van der Waals surface area contributed by atoms with Crippen LogP contribution < -0.4 is 10.5 Å². The van der Waals surface area contributed by atoms with Crippen LogP contribution in [0.25, 0.3) is 43.4 Å². The predicted octanol–water partition coefficient (Wildman–Crippen LogP) is 5.84. The van der Waals surface area contributed by atoms with Gasteiger partial charge in [0.15, 0.2) is 0 Å². The van der Waals surface area contributed by atoms with Crippen LogP contribution in [0.5, 0.6) is 5.75 Å².